The van der Waals surface area contributed by atoms with E-state index in [1.54, 1.807) is 19.5 Å². The van der Waals surface area contributed by atoms with Crippen LogP contribution in [0.25, 0.3) is 4.85 Å². The molecule has 1 N–H and O–H groups in total. The number of rotatable bonds is 2. The maximum absolute atomic E-state index is 12.4. The number of hydrogen-bond acceptors (Lipinski definition) is 4. The van der Waals surface area contributed by atoms with E-state index in [1.165, 1.54) is 38.2 Å². The maximum atomic E-state index is 12.4. The zero-order chi connectivity index (χ0) is 24.8. The smallest absolute Gasteiger partial charge is 0.534 e. The standard InChI is InChI=1S/C25H35O3.C4H5NO.U/c1-22-12-5-4-6-18(22)9-13-24(3)20(22)11-14-23(2)19(10-15-25(23,24)27)17-7-8-21(26)28-16-17;1-4(3-6)5-2;/h4,7-8,16,18-20,27H,5-6,9-15H2,1-3H3;2,4H,1H3;/q-1;;+2/t18-,19+,20+,22-,23+,24+,25+;;/m0../s1. The first-order chi connectivity index (χ1) is 16.1. The molecule has 5 nitrogen and oxygen atoms in total. The van der Waals surface area contributed by atoms with Crippen LogP contribution in [0, 0.1) is 72.2 Å². The first-order valence-corrected chi connectivity index (χ1v) is 13.0. The zero-order valence-electron chi connectivity index (χ0n) is 21.7. The van der Waals surface area contributed by atoms with E-state index in [2.05, 4.69) is 38.6 Å². The Balaban J connectivity index is 0.000000439. The quantitative estimate of drug-likeness (QED) is 0.389. The third kappa shape index (κ3) is 4.43. The Bertz CT molecular complexity index is 998. The van der Waals surface area contributed by atoms with Gasteiger partial charge in [0.2, 0.25) is 0 Å². The van der Waals surface area contributed by atoms with Crippen LogP contribution in [-0.2, 0) is 4.79 Å². The second-order valence-electron chi connectivity index (χ2n) is 12.0. The van der Waals surface area contributed by atoms with Crippen LogP contribution in [0.5, 0.6) is 0 Å². The summed E-state index contributed by atoms with van der Waals surface area (Å²) in [5, 5.41) is 12.4. The third-order valence-electron chi connectivity index (χ3n) is 10.8. The van der Waals surface area contributed by atoms with Crippen LogP contribution in [0.15, 0.2) is 27.6 Å². The third-order valence-corrected chi connectivity index (χ3v) is 10.8. The summed E-state index contributed by atoms with van der Waals surface area (Å²) in [6.45, 7) is 13.5. The Hall–Kier alpha value is -0.878. The van der Waals surface area contributed by atoms with E-state index < -0.39 is 11.6 Å². The van der Waals surface area contributed by atoms with E-state index in [1.807, 2.05) is 6.07 Å². The minimum absolute atomic E-state index is 0. The molecule has 4 aliphatic carbocycles. The molecule has 0 aliphatic heterocycles. The number of fused-ring (bicyclic) bond motifs is 5. The van der Waals surface area contributed by atoms with Crippen molar-refractivity contribution in [3.63, 3.8) is 0 Å². The largest absolute Gasteiger partial charge is 2.00 e. The predicted molar refractivity (Wildman–Crippen MR) is 133 cm³/mol. The Morgan fingerprint density at radius 2 is 1.86 bits per heavy atom. The van der Waals surface area contributed by atoms with Gasteiger partial charge < -0.3 is 20.7 Å². The van der Waals surface area contributed by atoms with E-state index >= 15 is 0 Å². The van der Waals surface area contributed by atoms with Crippen LogP contribution in [0.1, 0.15) is 97.0 Å². The van der Waals surface area contributed by atoms with Crippen molar-refractivity contribution in [1.82, 2.24) is 0 Å². The summed E-state index contributed by atoms with van der Waals surface area (Å²) in [7, 11) is 0. The van der Waals surface area contributed by atoms with Gasteiger partial charge in [-0.25, -0.2) is 4.79 Å². The molecule has 0 spiro atoms. The molecule has 1 aromatic rings. The van der Waals surface area contributed by atoms with Crippen molar-refractivity contribution in [1.29, 1.82) is 0 Å². The molecule has 0 amide bonds. The molecule has 1 unspecified atom stereocenters. The Labute approximate surface area is 234 Å². The van der Waals surface area contributed by atoms with Gasteiger partial charge in [0.25, 0.3) is 6.57 Å². The van der Waals surface area contributed by atoms with Crippen molar-refractivity contribution in [3.05, 3.63) is 45.6 Å². The Morgan fingerprint density at radius 3 is 2.46 bits per heavy atom. The van der Waals surface area contributed by atoms with Gasteiger partial charge in [-0.3, -0.25) is 0 Å². The van der Waals surface area contributed by atoms with Crippen molar-refractivity contribution in [2.45, 2.75) is 103 Å². The molecule has 0 aromatic carbocycles. The van der Waals surface area contributed by atoms with E-state index in [0.29, 0.717) is 11.3 Å². The van der Waals surface area contributed by atoms with Gasteiger partial charge in [-0.05, 0) is 67.9 Å². The first-order valence-electron chi connectivity index (χ1n) is 13.0. The normalized spacial score (nSPS) is 42.5. The maximum Gasteiger partial charge on any atom is 2.00 e. The van der Waals surface area contributed by atoms with Crippen LogP contribution >= 0.6 is 0 Å². The van der Waals surface area contributed by atoms with Crippen molar-refractivity contribution in [3.8, 4) is 6.57 Å². The van der Waals surface area contributed by atoms with Gasteiger partial charge in [0.15, 0.2) is 6.04 Å². The summed E-state index contributed by atoms with van der Waals surface area (Å²) in [6, 6.07) is 3.00. The van der Waals surface area contributed by atoms with E-state index in [9.17, 15) is 14.7 Å². The van der Waals surface area contributed by atoms with Crippen molar-refractivity contribution in [2.24, 2.45) is 28.1 Å². The molecule has 0 bridgehead atoms. The molecule has 1 aromatic heterocycles. The zero-order valence-corrected chi connectivity index (χ0v) is 25.8. The average molecular weight is 705 g/mol. The average Bonchev–Trinajstić information content (AvgIpc) is 3.11. The number of carbonyl (C=O) groups excluding carboxylic acids is 1. The van der Waals surface area contributed by atoms with Crippen molar-refractivity contribution < 1.29 is 45.4 Å². The van der Waals surface area contributed by atoms with Gasteiger partial charge in [-0.2, -0.15) is 19.1 Å². The minimum atomic E-state index is -0.640. The molecule has 4 saturated carbocycles. The van der Waals surface area contributed by atoms with Gasteiger partial charge in [0.1, 0.15) is 0 Å². The van der Waals surface area contributed by atoms with Crippen LogP contribution in [0.2, 0.25) is 0 Å². The van der Waals surface area contributed by atoms with Gasteiger partial charge in [0, 0.05) is 16.9 Å². The fourth-order valence-corrected chi connectivity index (χ4v) is 8.77. The monoisotopic (exact) mass is 704 g/mol. The molecule has 1 heterocycles. The van der Waals surface area contributed by atoms with Crippen molar-refractivity contribution in [2.75, 3.05) is 0 Å². The van der Waals surface area contributed by atoms with Gasteiger partial charge in [-0.15, -0.1) is 4.85 Å². The molecular weight excluding hydrogens is 664 g/mol. The van der Waals surface area contributed by atoms with Gasteiger partial charge >= 0.3 is 36.7 Å². The van der Waals surface area contributed by atoms with Crippen LogP contribution in [0.3, 0.4) is 0 Å². The fraction of sp³-hybridized carbons (Fsp3) is 0.724. The predicted octanol–water partition coefficient (Wildman–Crippen LogP) is 5.92. The number of hydrogen-bond donors (Lipinski definition) is 1. The molecule has 4 aliphatic rings. The van der Waals surface area contributed by atoms with E-state index in [-0.39, 0.29) is 53.5 Å². The molecule has 0 radical (unpaired) electrons. The van der Waals surface area contributed by atoms with Crippen LogP contribution in [-0.4, -0.2) is 23.0 Å². The summed E-state index contributed by atoms with van der Waals surface area (Å²) >= 11 is 0. The molecule has 35 heavy (non-hydrogen) atoms. The Morgan fingerprint density at radius 1 is 1.14 bits per heavy atom. The summed E-state index contributed by atoms with van der Waals surface area (Å²) in [5.41, 5.74) is 0.357. The topological polar surface area (TPSA) is 71.9 Å². The summed E-state index contributed by atoms with van der Waals surface area (Å²) in [6.07, 6.45) is 16.1. The number of aliphatic hydroxyl groups is 1. The van der Waals surface area contributed by atoms with E-state index in [0.717, 1.165) is 37.2 Å². The molecule has 188 valence electrons. The van der Waals surface area contributed by atoms with Crippen LogP contribution in [0.4, 0.5) is 0 Å². The molecule has 4 fully saturated rings. The molecule has 5 rings (SSSR count). The van der Waals surface area contributed by atoms with E-state index in [4.69, 9.17) is 4.42 Å². The molecular formula is C29H40NO4U+. The molecule has 6 heteroatoms. The summed E-state index contributed by atoms with van der Waals surface area (Å²) < 4.78 is 5.21. The Kier molecular flexibility index (Phi) is 8.59. The SMILES string of the molecule is C#[N+]C(C)[C-]=O.C[C@]12CC[CH-]C[C@H]1CC[C@]1(C)[C@@H]2CC[C@]2(C)[C@@H](c3ccc(=O)oc3)CC[C@@]21O.[U+2]. The molecule has 0 saturated heterocycles. The summed E-state index contributed by atoms with van der Waals surface area (Å²) in [5.74, 6) is 1.68. The van der Waals surface area contributed by atoms with Crippen molar-refractivity contribution >= 4 is 6.29 Å². The summed E-state index contributed by atoms with van der Waals surface area (Å²) in [4.78, 5) is 24.0. The van der Waals surface area contributed by atoms with Crippen LogP contribution < -0.4 is 5.63 Å². The van der Waals surface area contributed by atoms with Gasteiger partial charge in [-0.1, -0.05) is 39.5 Å². The van der Waals surface area contributed by atoms with Gasteiger partial charge in [0.05, 0.1) is 11.9 Å². The second kappa shape index (κ2) is 10.5. The fourth-order valence-electron chi connectivity index (χ4n) is 8.77. The second-order valence-corrected chi connectivity index (χ2v) is 12.0. The number of nitrogens with zero attached hydrogens (tertiary/aromatic N) is 1. The molecule has 8 atom stereocenters. The first kappa shape index (κ1) is 28.7. The minimum Gasteiger partial charge on any atom is -0.534 e.